The molecule has 2 rings (SSSR count). The monoisotopic (exact) mass is 360 g/mol. The Morgan fingerprint density at radius 3 is 2.62 bits per heavy atom. The number of aryl methyl sites for hydroxylation is 1. The molecule has 0 bridgehead atoms. The van der Waals surface area contributed by atoms with Gasteiger partial charge in [0.05, 0.1) is 0 Å². The average Bonchev–Trinajstić information content (AvgIpc) is 2.59. The lowest BCUT2D eigenvalue weighted by Gasteiger charge is -2.35. The number of nitrogens with one attached hydrogen (secondary N) is 1. The van der Waals surface area contributed by atoms with Crippen molar-refractivity contribution in [2.45, 2.75) is 60.0 Å². The van der Waals surface area contributed by atoms with Gasteiger partial charge in [-0.3, -0.25) is 4.79 Å². The molecule has 1 aromatic carbocycles. The zero-order chi connectivity index (χ0) is 19.1. The molecule has 1 aliphatic rings. The smallest absolute Gasteiger partial charge is 0.261 e. The molecule has 0 saturated carbocycles. The first-order valence-corrected chi connectivity index (χ1v) is 10.1. The predicted octanol–water partition coefficient (Wildman–Crippen LogP) is 3.95. The van der Waals surface area contributed by atoms with Crippen LogP contribution in [0.3, 0.4) is 0 Å². The number of nitrogens with zero attached hydrogens (tertiary/aromatic N) is 1. The number of carbonyl (C=O) groups excluding carboxylic acids is 1. The first-order chi connectivity index (χ1) is 12.4. The molecule has 1 aromatic rings. The number of likely N-dealkylation sites (tertiary alicyclic amines) is 1. The highest BCUT2D eigenvalue weighted by molar-refractivity contribution is 5.81. The average molecular weight is 361 g/mol. The Morgan fingerprint density at radius 1 is 1.27 bits per heavy atom. The zero-order valence-corrected chi connectivity index (χ0v) is 17.2. The van der Waals surface area contributed by atoms with E-state index in [1.54, 1.807) is 0 Å². The minimum atomic E-state index is -0.425. The van der Waals surface area contributed by atoms with Gasteiger partial charge in [0.15, 0.2) is 6.10 Å². The van der Waals surface area contributed by atoms with Crippen molar-refractivity contribution in [2.24, 2.45) is 11.8 Å². The van der Waals surface area contributed by atoms with Gasteiger partial charge in [0.25, 0.3) is 5.91 Å². The summed E-state index contributed by atoms with van der Waals surface area (Å²) in [5, 5.41) is 3.06. The Kier molecular flexibility index (Phi) is 7.95. The van der Waals surface area contributed by atoms with E-state index >= 15 is 0 Å². The molecule has 26 heavy (non-hydrogen) atoms. The molecule has 146 valence electrons. The van der Waals surface area contributed by atoms with Crippen LogP contribution >= 0.6 is 0 Å². The lowest BCUT2D eigenvalue weighted by atomic mass is 9.92. The molecular weight excluding hydrogens is 324 g/mol. The molecule has 1 heterocycles. The van der Waals surface area contributed by atoms with Crippen molar-refractivity contribution in [3.63, 3.8) is 0 Å². The predicted molar refractivity (Wildman–Crippen MR) is 108 cm³/mol. The van der Waals surface area contributed by atoms with Crippen molar-refractivity contribution >= 4 is 5.91 Å². The summed E-state index contributed by atoms with van der Waals surface area (Å²) in [6, 6.07) is 5.98. The lowest BCUT2D eigenvalue weighted by Crippen LogP contribution is -2.42. The van der Waals surface area contributed by atoms with Crippen molar-refractivity contribution in [3.05, 3.63) is 29.3 Å². The van der Waals surface area contributed by atoms with E-state index in [1.165, 1.54) is 25.1 Å². The third kappa shape index (κ3) is 6.01. The molecule has 0 aromatic heterocycles. The van der Waals surface area contributed by atoms with E-state index in [2.05, 4.69) is 37.1 Å². The first kappa shape index (κ1) is 20.8. The normalized spacial score (nSPS) is 22.0. The van der Waals surface area contributed by atoms with Crippen LogP contribution in [0.4, 0.5) is 0 Å². The van der Waals surface area contributed by atoms with Gasteiger partial charge in [0, 0.05) is 19.6 Å². The summed E-state index contributed by atoms with van der Waals surface area (Å²) in [5.74, 6) is 2.37. The van der Waals surface area contributed by atoms with E-state index in [4.69, 9.17) is 4.74 Å². The van der Waals surface area contributed by atoms with Crippen LogP contribution in [0.15, 0.2) is 18.2 Å². The van der Waals surface area contributed by atoms with Gasteiger partial charge < -0.3 is 15.0 Å². The second kappa shape index (κ2) is 9.96. The quantitative estimate of drug-likeness (QED) is 0.714. The fourth-order valence-electron chi connectivity index (χ4n) is 3.93. The minimum absolute atomic E-state index is 0.00575. The number of piperidine rings is 1. The summed E-state index contributed by atoms with van der Waals surface area (Å²) >= 11 is 0. The number of benzene rings is 1. The highest BCUT2D eigenvalue weighted by atomic mass is 16.5. The Labute approximate surface area is 159 Å². The van der Waals surface area contributed by atoms with Crippen molar-refractivity contribution in [1.29, 1.82) is 0 Å². The number of carbonyl (C=O) groups is 1. The van der Waals surface area contributed by atoms with Crippen LogP contribution in [0.25, 0.3) is 0 Å². The van der Waals surface area contributed by atoms with Crippen LogP contribution in [0.2, 0.25) is 0 Å². The van der Waals surface area contributed by atoms with Crippen molar-refractivity contribution < 1.29 is 9.53 Å². The summed E-state index contributed by atoms with van der Waals surface area (Å²) < 4.78 is 5.99. The maximum Gasteiger partial charge on any atom is 0.261 e. The maximum atomic E-state index is 12.5. The highest BCUT2D eigenvalue weighted by Gasteiger charge is 2.22. The molecule has 0 spiro atoms. The molecule has 1 aliphatic heterocycles. The van der Waals surface area contributed by atoms with Crippen LogP contribution in [0, 0.1) is 25.7 Å². The van der Waals surface area contributed by atoms with Gasteiger partial charge in [-0.1, -0.05) is 32.9 Å². The highest BCUT2D eigenvalue weighted by Crippen LogP contribution is 2.23. The third-order valence-electron chi connectivity index (χ3n) is 5.38. The number of hydrogen-bond donors (Lipinski definition) is 1. The van der Waals surface area contributed by atoms with Gasteiger partial charge in [-0.2, -0.15) is 0 Å². The van der Waals surface area contributed by atoms with Gasteiger partial charge in [-0.05, 0) is 68.7 Å². The van der Waals surface area contributed by atoms with E-state index in [0.717, 1.165) is 36.1 Å². The summed E-state index contributed by atoms with van der Waals surface area (Å²) in [5.41, 5.74) is 2.29. The van der Waals surface area contributed by atoms with Crippen molar-refractivity contribution in [3.8, 4) is 5.75 Å². The molecule has 4 heteroatoms. The second-order valence-corrected chi connectivity index (χ2v) is 8.06. The molecule has 1 saturated heterocycles. The molecular formula is C22H36N2O2. The molecule has 1 fully saturated rings. The van der Waals surface area contributed by atoms with Crippen LogP contribution in [-0.2, 0) is 4.79 Å². The van der Waals surface area contributed by atoms with Crippen molar-refractivity contribution in [2.75, 3.05) is 26.2 Å². The standard InChI is InChI=1S/C22H36N2O2/c1-6-20(26-21-10-7-9-18(4)19(21)5)22(25)23-11-8-12-24-14-16(2)13-17(3)15-24/h7,9-10,16-17,20H,6,8,11-15H2,1-5H3,(H,23,25)/t16-,17-,20+/m1/s1. The number of ether oxygens (including phenoxy) is 1. The first-order valence-electron chi connectivity index (χ1n) is 10.1. The SMILES string of the molecule is CC[C@H](Oc1cccc(C)c1C)C(=O)NCCCN1C[C@H](C)C[C@@H](C)C1. The molecule has 1 N–H and O–H groups in total. The minimum Gasteiger partial charge on any atom is -0.480 e. The summed E-state index contributed by atoms with van der Waals surface area (Å²) in [6.45, 7) is 14.9. The van der Waals surface area contributed by atoms with Crippen LogP contribution in [0.1, 0.15) is 51.2 Å². The van der Waals surface area contributed by atoms with E-state index in [9.17, 15) is 4.79 Å². The number of rotatable bonds is 8. The summed E-state index contributed by atoms with van der Waals surface area (Å²) in [4.78, 5) is 15.0. The number of hydrogen-bond acceptors (Lipinski definition) is 3. The number of amides is 1. The van der Waals surface area contributed by atoms with E-state index < -0.39 is 6.10 Å². The van der Waals surface area contributed by atoms with Gasteiger partial charge in [0.2, 0.25) is 0 Å². The van der Waals surface area contributed by atoms with Gasteiger partial charge in [-0.25, -0.2) is 0 Å². The Morgan fingerprint density at radius 2 is 1.96 bits per heavy atom. The van der Waals surface area contributed by atoms with Gasteiger partial charge in [-0.15, -0.1) is 0 Å². The van der Waals surface area contributed by atoms with E-state index in [0.29, 0.717) is 13.0 Å². The maximum absolute atomic E-state index is 12.5. The molecule has 3 atom stereocenters. The Bertz CT molecular complexity index is 578. The Balaban J connectivity index is 1.76. The van der Waals surface area contributed by atoms with Crippen LogP contribution in [-0.4, -0.2) is 43.1 Å². The van der Waals surface area contributed by atoms with Crippen molar-refractivity contribution in [1.82, 2.24) is 10.2 Å². The topological polar surface area (TPSA) is 41.6 Å². The van der Waals surface area contributed by atoms with Crippen LogP contribution in [0.5, 0.6) is 5.75 Å². The fraction of sp³-hybridized carbons (Fsp3) is 0.682. The Hall–Kier alpha value is -1.55. The third-order valence-corrected chi connectivity index (χ3v) is 5.38. The molecule has 0 radical (unpaired) electrons. The zero-order valence-electron chi connectivity index (χ0n) is 17.2. The molecule has 0 unspecified atom stereocenters. The molecule has 0 aliphatic carbocycles. The van der Waals surface area contributed by atoms with Crippen LogP contribution < -0.4 is 10.1 Å². The summed E-state index contributed by atoms with van der Waals surface area (Å²) in [7, 11) is 0. The van der Waals surface area contributed by atoms with Gasteiger partial charge in [0.1, 0.15) is 5.75 Å². The van der Waals surface area contributed by atoms with Gasteiger partial charge >= 0.3 is 0 Å². The second-order valence-electron chi connectivity index (χ2n) is 8.06. The largest absolute Gasteiger partial charge is 0.480 e. The molecule has 1 amide bonds. The van der Waals surface area contributed by atoms with E-state index in [-0.39, 0.29) is 5.91 Å². The summed E-state index contributed by atoms with van der Waals surface area (Å²) in [6.07, 6.45) is 2.57. The lowest BCUT2D eigenvalue weighted by molar-refractivity contribution is -0.128. The van der Waals surface area contributed by atoms with E-state index in [1.807, 2.05) is 26.0 Å². The fourth-order valence-corrected chi connectivity index (χ4v) is 3.93. The molecule has 4 nitrogen and oxygen atoms in total.